The predicted molar refractivity (Wildman–Crippen MR) is 110 cm³/mol. The summed E-state index contributed by atoms with van der Waals surface area (Å²) in [4.78, 5) is 25.8. The number of carboxylic acids is 1. The van der Waals surface area contributed by atoms with Gasteiger partial charge >= 0.3 is 12.1 Å². The van der Waals surface area contributed by atoms with Gasteiger partial charge in [-0.05, 0) is 75.5 Å². The minimum Gasteiger partial charge on any atom is -0.478 e. The number of ether oxygens (including phenoxy) is 1. The Morgan fingerprint density at radius 2 is 1.54 bits per heavy atom. The monoisotopic (exact) mass is 389 g/mol. The molecule has 2 rings (SSSR count). The average Bonchev–Trinajstić information content (AvgIpc) is 2.58. The maximum atomic E-state index is 12.9. The number of carbonyl (C=O) groups excluding carboxylic acids is 1. The van der Waals surface area contributed by atoms with E-state index in [1.165, 1.54) is 0 Å². The van der Waals surface area contributed by atoms with Crippen molar-refractivity contribution in [1.29, 1.82) is 0 Å². The van der Waals surface area contributed by atoms with Crippen molar-refractivity contribution in [3.63, 3.8) is 0 Å². The van der Waals surface area contributed by atoms with Crippen molar-refractivity contribution >= 4 is 12.1 Å². The number of amides is 1. The first-order valence-electron chi connectivity index (χ1n) is 10.2. The van der Waals surface area contributed by atoms with Gasteiger partial charge in [-0.2, -0.15) is 0 Å². The Balaban J connectivity index is 2.15. The van der Waals surface area contributed by atoms with Gasteiger partial charge in [-0.15, -0.1) is 0 Å². The van der Waals surface area contributed by atoms with Gasteiger partial charge in [0, 0.05) is 12.6 Å². The van der Waals surface area contributed by atoms with E-state index in [2.05, 4.69) is 20.8 Å². The van der Waals surface area contributed by atoms with Crippen LogP contribution in [0.5, 0.6) is 0 Å². The fraction of sp³-hybridized carbons (Fsp3) is 0.652. The zero-order valence-corrected chi connectivity index (χ0v) is 18.1. The van der Waals surface area contributed by atoms with E-state index in [9.17, 15) is 9.59 Å². The number of rotatable bonds is 4. The molecule has 1 aromatic rings. The van der Waals surface area contributed by atoms with Gasteiger partial charge in [0.2, 0.25) is 0 Å². The molecule has 0 aromatic heterocycles. The fourth-order valence-corrected chi connectivity index (χ4v) is 3.87. The van der Waals surface area contributed by atoms with Gasteiger partial charge in [-0.3, -0.25) is 0 Å². The van der Waals surface area contributed by atoms with E-state index in [4.69, 9.17) is 9.84 Å². The Morgan fingerprint density at radius 3 is 1.96 bits per heavy atom. The number of carboxylic acid groups (broad SMARTS) is 1. The van der Waals surface area contributed by atoms with Crippen molar-refractivity contribution in [3.8, 4) is 0 Å². The second kappa shape index (κ2) is 8.54. The van der Waals surface area contributed by atoms with E-state index in [1.54, 1.807) is 24.3 Å². The molecule has 0 atom stereocenters. The minimum absolute atomic E-state index is 0.146. The molecular formula is C23H35NO4. The van der Waals surface area contributed by atoms with Crippen LogP contribution in [-0.2, 0) is 11.3 Å². The fourth-order valence-electron chi connectivity index (χ4n) is 3.87. The number of hydrogen-bond acceptors (Lipinski definition) is 3. The molecule has 5 nitrogen and oxygen atoms in total. The molecule has 0 aliphatic heterocycles. The Hall–Kier alpha value is -2.04. The van der Waals surface area contributed by atoms with Crippen molar-refractivity contribution < 1.29 is 19.4 Å². The molecule has 0 spiro atoms. The summed E-state index contributed by atoms with van der Waals surface area (Å²) in [5, 5.41) is 9.08. The molecule has 0 saturated heterocycles. The number of aromatic carboxylic acids is 1. The molecule has 1 aromatic carbocycles. The molecule has 5 heteroatoms. The molecule has 1 fully saturated rings. The highest BCUT2D eigenvalue weighted by molar-refractivity contribution is 5.87. The molecule has 0 unspecified atom stereocenters. The van der Waals surface area contributed by atoms with Gasteiger partial charge in [0.15, 0.2) is 0 Å². The van der Waals surface area contributed by atoms with Gasteiger partial charge in [-0.1, -0.05) is 32.9 Å². The molecule has 1 aliphatic rings. The Bertz CT molecular complexity index is 674. The second-order valence-electron chi connectivity index (χ2n) is 9.98. The predicted octanol–water partition coefficient (Wildman–Crippen LogP) is 5.73. The van der Waals surface area contributed by atoms with Crippen LogP contribution in [0.25, 0.3) is 0 Å². The van der Waals surface area contributed by atoms with E-state index in [0.717, 1.165) is 31.2 Å². The van der Waals surface area contributed by atoms with Crippen LogP contribution < -0.4 is 0 Å². The first-order valence-corrected chi connectivity index (χ1v) is 10.2. The maximum absolute atomic E-state index is 12.9. The third-order valence-corrected chi connectivity index (χ3v) is 5.54. The highest BCUT2D eigenvalue weighted by Crippen LogP contribution is 2.39. The van der Waals surface area contributed by atoms with E-state index >= 15 is 0 Å². The smallest absolute Gasteiger partial charge is 0.410 e. The third-order valence-electron chi connectivity index (χ3n) is 5.54. The minimum atomic E-state index is -0.948. The van der Waals surface area contributed by atoms with Crippen LogP contribution in [0, 0.1) is 11.3 Å². The zero-order chi connectivity index (χ0) is 21.1. The third kappa shape index (κ3) is 6.25. The Morgan fingerprint density at radius 1 is 1.00 bits per heavy atom. The summed E-state index contributed by atoms with van der Waals surface area (Å²) in [6.07, 6.45) is 3.84. The second-order valence-corrected chi connectivity index (χ2v) is 9.98. The van der Waals surface area contributed by atoms with E-state index in [-0.39, 0.29) is 23.1 Å². The molecule has 28 heavy (non-hydrogen) atoms. The normalized spacial score (nSPS) is 20.5. The van der Waals surface area contributed by atoms with Crippen LogP contribution in [0.1, 0.15) is 83.1 Å². The van der Waals surface area contributed by atoms with Crippen molar-refractivity contribution in [2.45, 2.75) is 85.4 Å². The molecule has 1 saturated carbocycles. The van der Waals surface area contributed by atoms with Gasteiger partial charge in [0.1, 0.15) is 5.60 Å². The lowest BCUT2D eigenvalue weighted by Crippen LogP contribution is -2.45. The van der Waals surface area contributed by atoms with Crippen molar-refractivity contribution in [1.82, 2.24) is 4.90 Å². The lowest BCUT2D eigenvalue weighted by molar-refractivity contribution is 0.00491. The number of nitrogens with zero attached hydrogens (tertiary/aromatic N) is 1. The van der Waals surface area contributed by atoms with Crippen molar-refractivity contribution in [2.24, 2.45) is 11.3 Å². The molecule has 1 aliphatic carbocycles. The van der Waals surface area contributed by atoms with Crippen LogP contribution in [0.4, 0.5) is 4.79 Å². The van der Waals surface area contributed by atoms with Gasteiger partial charge in [-0.25, -0.2) is 9.59 Å². The van der Waals surface area contributed by atoms with Crippen LogP contribution in [-0.4, -0.2) is 33.7 Å². The highest BCUT2D eigenvalue weighted by atomic mass is 16.6. The Kier molecular flexibility index (Phi) is 6.79. The van der Waals surface area contributed by atoms with Crippen LogP contribution in [0.2, 0.25) is 0 Å². The van der Waals surface area contributed by atoms with Crippen LogP contribution in [0.3, 0.4) is 0 Å². The molecule has 1 N–H and O–H groups in total. The van der Waals surface area contributed by atoms with Crippen LogP contribution >= 0.6 is 0 Å². The first kappa shape index (κ1) is 22.3. The Labute approximate surface area is 169 Å². The standard InChI is InChI=1S/C23H35NO4/c1-22(2,3)18-11-13-19(14-12-18)24(21(27)28-23(4,5)6)15-16-7-9-17(10-8-16)20(25)26/h7-10,18-19H,11-15H2,1-6H3,(H,25,26). The summed E-state index contributed by atoms with van der Waals surface area (Å²) >= 11 is 0. The molecular weight excluding hydrogens is 354 g/mol. The topological polar surface area (TPSA) is 66.8 Å². The summed E-state index contributed by atoms with van der Waals surface area (Å²) in [6.45, 7) is 12.9. The lowest BCUT2D eigenvalue weighted by atomic mass is 9.71. The van der Waals surface area contributed by atoms with Crippen molar-refractivity contribution in [3.05, 3.63) is 35.4 Å². The van der Waals surface area contributed by atoms with Gasteiger partial charge in [0.25, 0.3) is 0 Å². The van der Waals surface area contributed by atoms with Crippen molar-refractivity contribution in [2.75, 3.05) is 0 Å². The number of hydrogen-bond donors (Lipinski definition) is 1. The first-order chi connectivity index (χ1) is 12.9. The summed E-state index contributed by atoms with van der Waals surface area (Å²) in [5.74, 6) is -0.282. The van der Waals surface area contributed by atoms with E-state index in [0.29, 0.717) is 12.5 Å². The van der Waals surface area contributed by atoms with E-state index < -0.39 is 11.6 Å². The van der Waals surface area contributed by atoms with Gasteiger partial charge in [0.05, 0.1) is 5.56 Å². The zero-order valence-electron chi connectivity index (χ0n) is 18.1. The molecule has 156 valence electrons. The summed E-state index contributed by atoms with van der Waals surface area (Å²) < 4.78 is 5.67. The molecule has 0 heterocycles. The largest absolute Gasteiger partial charge is 0.478 e. The molecule has 0 radical (unpaired) electrons. The highest BCUT2D eigenvalue weighted by Gasteiger charge is 2.35. The molecule has 1 amide bonds. The van der Waals surface area contributed by atoms with Crippen LogP contribution in [0.15, 0.2) is 24.3 Å². The number of carbonyl (C=O) groups is 2. The lowest BCUT2D eigenvalue weighted by Gasteiger charge is -2.41. The summed E-state index contributed by atoms with van der Waals surface area (Å²) in [7, 11) is 0. The quantitative estimate of drug-likeness (QED) is 0.714. The summed E-state index contributed by atoms with van der Waals surface area (Å²) in [6, 6.07) is 6.87. The van der Waals surface area contributed by atoms with E-state index in [1.807, 2.05) is 25.7 Å². The SMILES string of the molecule is CC(C)(C)OC(=O)N(Cc1ccc(C(=O)O)cc1)C1CCC(C(C)(C)C)CC1. The summed E-state index contributed by atoms with van der Waals surface area (Å²) in [5.41, 5.74) is 0.895. The average molecular weight is 390 g/mol. The molecule has 0 bridgehead atoms. The maximum Gasteiger partial charge on any atom is 0.410 e. The number of benzene rings is 1. The van der Waals surface area contributed by atoms with Gasteiger partial charge < -0.3 is 14.7 Å².